The van der Waals surface area contributed by atoms with Crippen LogP contribution < -0.4 is 0 Å². The number of aliphatic hydroxyl groups excluding tert-OH is 2. The van der Waals surface area contributed by atoms with Crippen LogP contribution in [0.2, 0.25) is 0 Å². The van der Waals surface area contributed by atoms with Crippen LogP contribution in [0.15, 0.2) is 60.7 Å². The van der Waals surface area contributed by atoms with Gasteiger partial charge in [-0.25, -0.2) is 14.4 Å². The van der Waals surface area contributed by atoms with Crippen molar-refractivity contribution < 1.29 is 49.4 Å². The second-order valence-electron chi connectivity index (χ2n) is 8.01. The molecule has 35 heavy (non-hydrogen) atoms. The van der Waals surface area contributed by atoms with Crippen LogP contribution in [-0.4, -0.2) is 67.4 Å². The molecule has 0 aromatic heterocycles. The summed E-state index contributed by atoms with van der Waals surface area (Å²) in [5.41, 5.74) is -1.14. The third-order valence-corrected chi connectivity index (χ3v) is 5.41. The van der Waals surface area contributed by atoms with E-state index in [-0.39, 0.29) is 11.5 Å². The van der Waals surface area contributed by atoms with E-state index in [1.165, 1.54) is 48.6 Å². The van der Waals surface area contributed by atoms with Gasteiger partial charge in [-0.15, -0.1) is 0 Å². The Morgan fingerprint density at radius 2 is 1.29 bits per heavy atom. The number of carbonyl (C=O) groups excluding carboxylic acids is 2. The van der Waals surface area contributed by atoms with E-state index in [0.717, 1.165) is 12.2 Å². The van der Waals surface area contributed by atoms with Gasteiger partial charge in [-0.1, -0.05) is 24.3 Å². The summed E-state index contributed by atoms with van der Waals surface area (Å²) in [4.78, 5) is 36.7. The van der Waals surface area contributed by atoms with Gasteiger partial charge in [-0.3, -0.25) is 0 Å². The molecule has 184 valence electrons. The highest BCUT2D eigenvalue weighted by molar-refractivity contribution is 5.91. The van der Waals surface area contributed by atoms with Crippen molar-refractivity contribution in [3.8, 4) is 11.5 Å². The number of phenols is 2. The minimum atomic E-state index is -2.25. The number of aliphatic carboxylic acids is 1. The van der Waals surface area contributed by atoms with Gasteiger partial charge >= 0.3 is 17.9 Å². The summed E-state index contributed by atoms with van der Waals surface area (Å²) in [7, 11) is 0. The molecule has 2 aromatic carbocycles. The molecule has 5 N–H and O–H groups in total. The highest BCUT2D eigenvalue weighted by Gasteiger charge is 2.54. The summed E-state index contributed by atoms with van der Waals surface area (Å²) in [5, 5.41) is 48.9. The van der Waals surface area contributed by atoms with Gasteiger partial charge in [0.1, 0.15) is 23.7 Å². The highest BCUT2D eigenvalue weighted by Crippen LogP contribution is 2.35. The van der Waals surface area contributed by atoms with Gasteiger partial charge in [0.05, 0.1) is 6.10 Å². The maximum atomic E-state index is 12.4. The van der Waals surface area contributed by atoms with Gasteiger partial charge < -0.3 is 35.0 Å². The molecule has 0 radical (unpaired) electrons. The molecule has 0 saturated heterocycles. The summed E-state index contributed by atoms with van der Waals surface area (Å²) in [5.74, 6) is -3.45. The molecule has 0 aliphatic heterocycles. The van der Waals surface area contributed by atoms with Crippen molar-refractivity contribution in [2.75, 3.05) is 0 Å². The number of carboxylic acid groups (broad SMARTS) is 1. The van der Waals surface area contributed by atoms with Gasteiger partial charge in [0, 0.05) is 25.0 Å². The van der Waals surface area contributed by atoms with Gasteiger partial charge in [0.25, 0.3) is 0 Å². The molecular weight excluding hydrogens is 460 g/mol. The van der Waals surface area contributed by atoms with Crippen molar-refractivity contribution in [1.29, 1.82) is 0 Å². The molecule has 0 bridgehead atoms. The molecule has 1 aliphatic carbocycles. The molecule has 0 unspecified atom stereocenters. The number of rotatable bonds is 7. The monoisotopic (exact) mass is 484 g/mol. The molecule has 4 atom stereocenters. The van der Waals surface area contributed by atoms with E-state index in [2.05, 4.69) is 0 Å². The van der Waals surface area contributed by atoms with Crippen LogP contribution in [0, 0.1) is 0 Å². The number of benzene rings is 2. The Hall–Kier alpha value is -4.15. The Kier molecular flexibility index (Phi) is 7.90. The Morgan fingerprint density at radius 3 is 1.77 bits per heavy atom. The maximum absolute atomic E-state index is 12.4. The minimum absolute atomic E-state index is 0.0304. The zero-order valence-electron chi connectivity index (χ0n) is 18.4. The molecule has 3 rings (SSSR count). The lowest BCUT2D eigenvalue weighted by Crippen LogP contribution is -2.58. The Balaban J connectivity index is 1.71. The van der Waals surface area contributed by atoms with E-state index < -0.39 is 54.7 Å². The normalized spacial score (nSPS) is 24.3. The minimum Gasteiger partial charge on any atom is -0.508 e. The second-order valence-corrected chi connectivity index (χ2v) is 8.01. The topological polar surface area (TPSA) is 171 Å². The third kappa shape index (κ3) is 6.69. The summed E-state index contributed by atoms with van der Waals surface area (Å²) >= 11 is 0. The molecule has 1 aliphatic rings. The average Bonchev–Trinajstić information content (AvgIpc) is 2.81. The molecule has 10 nitrogen and oxygen atoms in total. The highest BCUT2D eigenvalue weighted by atomic mass is 16.6. The van der Waals surface area contributed by atoms with Crippen LogP contribution in [0.25, 0.3) is 12.2 Å². The number of carbonyl (C=O) groups is 3. The van der Waals surface area contributed by atoms with E-state index in [1.807, 2.05) is 0 Å². The van der Waals surface area contributed by atoms with E-state index in [4.69, 9.17) is 9.47 Å². The number of hydrogen-bond acceptors (Lipinski definition) is 9. The van der Waals surface area contributed by atoms with Crippen molar-refractivity contribution in [3.05, 3.63) is 71.8 Å². The summed E-state index contributed by atoms with van der Waals surface area (Å²) in [6, 6.07) is 11.8. The second kappa shape index (κ2) is 10.9. The van der Waals surface area contributed by atoms with Crippen molar-refractivity contribution in [1.82, 2.24) is 0 Å². The average molecular weight is 484 g/mol. The summed E-state index contributed by atoms with van der Waals surface area (Å²) < 4.78 is 10.3. The predicted molar refractivity (Wildman–Crippen MR) is 122 cm³/mol. The van der Waals surface area contributed by atoms with Crippen molar-refractivity contribution in [2.24, 2.45) is 0 Å². The summed E-state index contributed by atoms with van der Waals surface area (Å²) in [6.07, 6.45) is -1.17. The molecule has 0 spiro atoms. The molecule has 0 heterocycles. The molecular formula is C25H24O10. The smallest absolute Gasteiger partial charge is 0.348 e. The first-order chi connectivity index (χ1) is 16.6. The quantitative estimate of drug-likeness (QED) is 0.287. The zero-order chi connectivity index (χ0) is 25.6. The molecule has 10 heteroatoms. The zero-order valence-corrected chi connectivity index (χ0v) is 18.4. The van der Waals surface area contributed by atoms with Gasteiger partial charge in [0.2, 0.25) is 5.60 Å². The van der Waals surface area contributed by atoms with Crippen LogP contribution >= 0.6 is 0 Å². The molecule has 1 saturated carbocycles. The van der Waals surface area contributed by atoms with E-state index >= 15 is 0 Å². The Labute approximate surface area is 200 Å². The van der Waals surface area contributed by atoms with Crippen LogP contribution in [0.3, 0.4) is 0 Å². The standard InChI is InChI=1S/C25H24O10/c26-17-7-1-15(2-8-17)5-11-21(29)34-20-14-25(24(32)33,13-19(28)23(20)31)35-22(30)12-6-16-3-9-18(27)10-4-16/h1-12,19-20,23,26-28,31H,13-14H2,(H,32,33)/t19-,20-,23-,25+/m1/s1. The van der Waals surface area contributed by atoms with Crippen LogP contribution in [0.5, 0.6) is 11.5 Å². The van der Waals surface area contributed by atoms with Crippen LogP contribution in [-0.2, 0) is 23.9 Å². The lowest BCUT2D eigenvalue weighted by molar-refractivity contribution is -0.207. The van der Waals surface area contributed by atoms with Crippen LogP contribution in [0.4, 0.5) is 0 Å². The van der Waals surface area contributed by atoms with Crippen molar-refractivity contribution in [2.45, 2.75) is 36.8 Å². The molecule has 2 aromatic rings. The lowest BCUT2D eigenvalue weighted by Gasteiger charge is -2.41. The fraction of sp³-hybridized carbons (Fsp3) is 0.240. The van der Waals surface area contributed by atoms with Gasteiger partial charge in [-0.2, -0.15) is 0 Å². The number of ether oxygens (including phenoxy) is 2. The Morgan fingerprint density at radius 1 is 0.800 bits per heavy atom. The number of aromatic hydroxyl groups is 2. The number of aliphatic hydroxyl groups is 2. The van der Waals surface area contributed by atoms with Crippen LogP contribution in [0.1, 0.15) is 24.0 Å². The summed E-state index contributed by atoms with van der Waals surface area (Å²) in [6.45, 7) is 0. The van der Waals surface area contributed by atoms with Crippen molar-refractivity contribution in [3.63, 3.8) is 0 Å². The van der Waals surface area contributed by atoms with Crippen molar-refractivity contribution >= 4 is 30.1 Å². The largest absolute Gasteiger partial charge is 0.508 e. The molecule has 0 amide bonds. The maximum Gasteiger partial charge on any atom is 0.348 e. The lowest BCUT2D eigenvalue weighted by atomic mass is 9.79. The number of esters is 2. The van der Waals surface area contributed by atoms with Gasteiger partial charge in [0.15, 0.2) is 0 Å². The first-order valence-corrected chi connectivity index (χ1v) is 10.6. The predicted octanol–water partition coefficient (Wildman–Crippen LogP) is 1.62. The molecule has 1 fully saturated rings. The van der Waals surface area contributed by atoms with E-state index in [0.29, 0.717) is 11.1 Å². The number of carboxylic acids is 1. The van der Waals surface area contributed by atoms with Gasteiger partial charge in [-0.05, 0) is 47.5 Å². The number of hydrogen-bond donors (Lipinski definition) is 5. The fourth-order valence-electron chi connectivity index (χ4n) is 3.56. The van der Waals surface area contributed by atoms with E-state index in [9.17, 15) is 39.9 Å². The first-order valence-electron chi connectivity index (χ1n) is 10.6. The third-order valence-electron chi connectivity index (χ3n) is 5.41. The van der Waals surface area contributed by atoms with E-state index in [1.54, 1.807) is 12.1 Å². The first kappa shape index (κ1) is 25.5. The Bertz CT molecular complexity index is 1120. The fourth-order valence-corrected chi connectivity index (χ4v) is 3.56. The SMILES string of the molecule is O=C(C=Cc1ccc(O)cc1)O[C@@H]1C[C@](OC(=O)C=Cc2ccc(O)cc2)(C(=O)O)C[C@@H](O)[C@H]1O. The number of phenolic OH excluding ortho intramolecular Hbond substituents is 2.